The second-order valence-corrected chi connectivity index (χ2v) is 7.23. The Kier molecular flexibility index (Phi) is 7.02. The number of aryl methyl sites for hydroxylation is 1. The van der Waals surface area contributed by atoms with Crippen LogP contribution in [-0.4, -0.2) is 53.7 Å². The first-order valence-corrected chi connectivity index (χ1v) is 9.92. The lowest BCUT2D eigenvalue weighted by Gasteiger charge is -2.23. The number of amides is 2. The number of phenols is 1. The predicted molar refractivity (Wildman–Crippen MR) is 107 cm³/mol. The van der Waals surface area contributed by atoms with Crippen molar-refractivity contribution in [2.24, 2.45) is 0 Å². The Morgan fingerprint density at radius 1 is 1.07 bits per heavy atom. The molecule has 1 aliphatic heterocycles. The van der Waals surface area contributed by atoms with Crippen molar-refractivity contribution in [2.45, 2.75) is 25.4 Å². The van der Waals surface area contributed by atoms with Gasteiger partial charge in [0, 0.05) is 38.9 Å². The molecule has 30 heavy (non-hydrogen) atoms. The van der Waals surface area contributed by atoms with Gasteiger partial charge in [-0.25, -0.2) is 9.78 Å². The number of nitrogens with one attached hydrogen (secondary N) is 1. The summed E-state index contributed by atoms with van der Waals surface area (Å²) >= 11 is 0. The third-order valence-electron chi connectivity index (χ3n) is 5.04. The summed E-state index contributed by atoms with van der Waals surface area (Å²) in [7, 11) is 0. The van der Waals surface area contributed by atoms with Gasteiger partial charge in [-0.15, -0.1) is 0 Å². The Balaban J connectivity index is 1.43. The van der Waals surface area contributed by atoms with Crippen LogP contribution in [0.4, 0.5) is 23.8 Å². The fourth-order valence-electron chi connectivity index (χ4n) is 3.35. The lowest BCUT2D eigenvalue weighted by atomic mass is 10.1. The summed E-state index contributed by atoms with van der Waals surface area (Å²) in [6.07, 6.45) is -1.26. The highest BCUT2D eigenvalue weighted by molar-refractivity contribution is 5.74. The summed E-state index contributed by atoms with van der Waals surface area (Å²) in [4.78, 5) is 20.0. The van der Waals surface area contributed by atoms with Gasteiger partial charge in [-0.3, -0.25) is 0 Å². The van der Waals surface area contributed by atoms with Crippen molar-refractivity contribution in [1.82, 2.24) is 15.2 Å². The van der Waals surface area contributed by atoms with Crippen LogP contribution >= 0.6 is 0 Å². The van der Waals surface area contributed by atoms with Crippen molar-refractivity contribution < 1.29 is 23.1 Å². The van der Waals surface area contributed by atoms with E-state index in [1.165, 1.54) is 6.07 Å². The normalized spacial score (nSPS) is 15.0. The molecule has 6 nitrogen and oxygen atoms in total. The van der Waals surface area contributed by atoms with Gasteiger partial charge in [0.25, 0.3) is 0 Å². The number of pyridine rings is 1. The maximum atomic E-state index is 12.7. The molecule has 0 radical (unpaired) electrons. The van der Waals surface area contributed by atoms with Gasteiger partial charge < -0.3 is 20.2 Å². The standard InChI is InChI=1S/C21H25F3N4O2/c22-21(23,24)17-6-9-19(26-15-17)27-11-2-12-28(14-13-27)20(30)25-10-1-3-16-4-7-18(29)8-5-16/h4-9,15,29H,1-3,10-14H2,(H,25,30). The van der Waals surface area contributed by atoms with Gasteiger partial charge in [-0.1, -0.05) is 12.1 Å². The van der Waals surface area contributed by atoms with Crippen LogP contribution in [0.5, 0.6) is 5.75 Å². The smallest absolute Gasteiger partial charge is 0.417 e. The average molecular weight is 422 g/mol. The largest absolute Gasteiger partial charge is 0.508 e. The van der Waals surface area contributed by atoms with Crippen LogP contribution in [0.3, 0.4) is 0 Å². The molecule has 1 aliphatic rings. The quantitative estimate of drug-likeness (QED) is 0.722. The van der Waals surface area contributed by atoms with E-state index in [1.54, 1.807) is 17.0 Å². The first-order chi connectivity index (χ1) is 14.3. The number of urea groups is 1. The summed E-state index contributed by atoms with van der Waals surface area (Å²) in [6.45, 7) is 2.75. The molecule has 2 N–H and O–H groups in total. The third-order valence-corrected chi connectivity index (χ3v) is 5.04. The SMILES string of the molecule is O=C(NCCCc1ccc(O)cc1)N1CCCN(c2ccc(C(F)(F)F)cn2)CC1. The van der Waals surface area contributed by atoms with Crippen LogP contribution in [0.25, 0.3) is 0 Å². The number of hydrogen-bond donors (Lipinski definition) is 2. The summed E-state index contributed by atoms with van der Waals surface area (Å²) in [6, 6.07) is 9.27. The highest BCUT2D eigenvalue weighted by Crippen LogP contribution is 2.29. The molecule has 0 unspecified atom stereocenters. The monoisotopic (exact) mass is 422 g/mol. The fourth-order valence-corrected chi connectivity index (χ4v) is 3.35. The van der Waals surface area contributed by atoms with Gasteiger partial charge in [-0.05, 0) is 49.1 Å². The number of alkyl halides is 3. The molecule has 9 heteroatoms. The third kappa shape index (κ3) is 6.01. The summed E-state index contributed by atoms with van der Waals surface area (Å²) in [5, 5.41) is 12.2. The Bertz CT molecular complexity index is 826. The molecule has 1 aromatic heterocycles. The Morgan fingerprint density at radius 3 is 2.50 bits per heavy atom. The van der Waals surface area contributed by atoms with Crippen molar-refractivity contribution >= 4 is 11.8 Å². The Labute approximate surface area is 173 Å². The number of hydrogen-bond acceptors (Lipinski definition) is 4. The van der Waals surface area contributed by atoms with E-state index in [4.69, 9.17) is 0 Å². The summed E-state index contributed by atoms with van der Waals surface area (Å²) < 4.78 is 38.1. The average Bonchev–Trinajstić information content (AvgIpc) is 2.98. The molecule has 0 aliphatic carbocycles. The van der Waals surface area contributed by atoms with Crippen LogP contribution in [0.15, 0.2) is 42.6 Å². The number of phenolic OH excluding ortho intramolecular Hbond substituents is 1. The van der Waals surface area contributed by atoms with E-state index in [1.807, 2.05) is 17.0 Å². The van der Waals surface area contributed by atoms with E-state index in [9.17, 15) is 23.1 Å². The van der Waals surface area contributed by atoms with Gasteiger partial charge in [0.1, 0.15) is 11.6 Å². The highest BCUT2D eigenvalue weighted by atomic mass is 19.4. The minimum absolute atomic E-state index is 0.136. The van der Waals surface area contributed by atoms with Crippen molar-refractivity contribution in [1.29, 1.82) is 0 Å². The molecule has 2 aromatic rings. The zero-order valence-electron chi connectivity index (χ0n) is 16.5. The van der Waals surface area contributed by atoms with Crippen molar-refractivity contribution in [3.8, 4) is 5.75 Å². The number of aromatic nitrogens is 1. The van der Waals surface area contributed by atoms with E-state index in [-0.39, 0.29) is 11.8 Å². The van der Waals surface area contributed by atoms with E-state index in [0.29, 0.717) is 45.0 Å². The number of rotatable bonds is 5. The molecule has 3 rings (SSSR count). The molecule has 1 fully saturated rings. The number of aromatic hydroxyl groups is 1. The molecule has 1 saturated heterocycles. The van der Waals surface area contributed by atoms with Crippen molar-refractivity contribution in [3.05, 3.63) is 53.7 Å². The number of benzene rings is 1. The molecule has 0 spiro atoms. The zero-order valence-corrected chi connectivity index (χ0v) is 16.5. The van der Waals surface area contributed by atoms with E-state index in [2.05, 4.69) is 10.3 Å². The number of anilines is 1. The van der Waals surface area contributed by atoms with Crippen LogP contribution in [0.2, 0.25) is 0 Å². The van der Waals surface area contributed by atoms with E-state index < -0.39 is 11.7 Å². The first kappa shape index (κ1) is 21.7. The Hall–Kier alpha value is -2.97. The molecule has 0 atom stereocenters. The molecular weight excluding hydrogens is 397 g/mol. The van der Waals surface area contributed by atoms with Crippen molar-refractivity contribution in [2.75, 3.05) is 37.6 Å². The molecule has 1 aromatic carbocycles. The van der Waals surface area contributed by atoms with Gasteiger partial charge in [-0.2, -0.15) is 13.2 Å². The van der Waals surface area contributed by atoms with Gasteiger partial charge in [0.2, 0.25) is 0 Å². The van der Waals surface area contributed by atoms with Crippen molar-refractivity contribution in [3.63, 3.8) is 0 Å². The highest BCUT2D eigenvalue weighted by Gasteiger charge is 2.31. The summed E-state index contributed by atoms with van der Waals surface area (Å²) in [5.41, 5.74) is 0.325. The maximum Gasteiger partial charge on any atom is 0.417 e. The predicted octanol–water partition coefficient (Wildman–Crippen LogP) is 3.66. The molecule has 0 bridgehead atoms. The summed E-state index contributed by atoms with van der Waals surface area (Å²) in [5.74, 6) is 0.716. The van der Waals surface area contributed by atoms with E-state index >= 15 is 0 Å². The van der Waals surface area contributed by atoms with Gasteiger partial charge in [0.15, 0.2) is 0 Å². The lowest BCUT2D eigenvalue weighted by molar-refractivity contribution is -0.137. The minimum Gasteiger partial charge on any atom is -0.508 e. The van der Waals surface area contributed by atoms with Crippen LogP contribution in [0, 0.1) is 0 Å². The number of halogens is 3. The molecule has 162 valence electrons. The van der Waals surface area contributed by atoms with Gasteiger partial charge >= 0.3 is 12.2 Å². The molecular formula is C21H25F3N4O2. The number of carbonyl (C=O) groups excluding carboxylic acids is 1. The second kappa shape index (κ2) is 9.69. The second-order valence-electron chi connectivity index (χ2n) is 7.23. The minimum atomic E-state index is -4.40. The Morgan fingerprint density at radius 2 is 1.83 bits per heavy atom. The van der Waals surface area contributed by atoms with Crippen LogP contribution < -0.4 is 10.2 Å². The lowest BCUT2D eigenvalue weighted by Crippen LogP contribution is -2.42. The maximum absolute atomic E-state index is 12.7. The number of nitrogens with zero attached hydrogens (tertiary/aromatic N) is 3. The first-order valence-electron chi connectivity index (χ1n) is 9.92. The van der Waals surface area contributed by atoms with Crippen LogP contribution in [-0.2, 0) is 12.6 Å². The zero-order chi connectivity index (χ0) is 21.6. The number of carbonyl (C=O) groups is 1. The molecule has 2 amide bonds. The fraction of sp³-hybridized carbons (Fsp3) is 0.429. The van der Waals surface area contributed by atoms with Crippen LogP contribution in [0.1, 0.15) is 24.0 Å². The van der Waals surface area contributed by atoms with E-state index in [0.717, 1.165) is 30.7 Å². The van der Waals surface area contributed by atoms with Gasteiger partial charge in [0.05, 0.1) is 5.56 Å². The molecule has 0 saturated carbocycles. The molecule has 2 heterocycles. The topological polar surface area (TPSA) is 68.7 Å².